The maximum absolute atomic E-state index is 11.4. The summed E-state index contributed by atoms with van der Waals surface area (Å²) in [6.07, 6.45) is 4.70. The van der Waals surface area contributed by atoms with E-state index in [1.54, 1.807) is 24.5 Å². The zero-order chi connectivity index (χ0) is 12.1. The molecule has 0 fully saturated rings. The van der Waals surface area contributed by atoms with Crippen LogP contribution < -0.4 is 5.73 Å². The second kappa shape index (κ2) is 5.11. The number of hydrogen-bond donors (Lipinski definition) is 1. The lowest BCUT2D eigenvalue weighted by Gasteiger charge is -2.04. The van der Waals surface area contributed by atoms with Crippen molar-refractivity contribution in [3.05, 3.63) is 42.5 Å². The molecule has 0 bridgehead atoms. The maximum Gasteiger partial charge on any atom is 0.328 e. The van der Waals surface area contributed by atoms with E-state index in [1.807, 2.05) is 6.07 Å². The molecule has 0 aliphatic heterocycles. The van der Waals surface area contributed by atoms with Crippen LogP contribution in [0.1, 0.15) is 5.69 Å². The molecule has 0 aliphatic rings. The number of carbonyl (C=O) groups excluding carboxylic acids is 1. The van der Waals surface area contributed by atoms with Gasteiger partial charge < -0.3 is 10.5 Å². The van der Waals surface area contributed by atoms with Crippen molar-refractivity contribution in [1.29, 1.82) is 0 Å². The molecule has 2 aromatic rings. The van der Waals surface area contributed by atoms with E-state index in [-0.39, 0.29) is 19.1 Å². The van der Waals surface area contributed by atoms with Crippen molar-refractivity contribution in [2.45, 2.75) is 13.2 Å². The molecule has 0 saturated heterocycles. The minimum Gasteiger partial charge on any atom is -0.458 e. The van der Waals surface area contributed by atoms with Gasteiger partial charge in [0.15, 0.2) is 0 Å². The van der Waals surface area contributed by atoms with Crippen LogP contribution in [0.2, 0.25) is 0 Å². The van der Waals surface area contributed by atoms with Gasteiger partial charge in [-0.2, -0.15) is 5.10 Å². The third-order valence-electron chi connectivity index (χ3n) is 2.05. The normalized spacial score (nSPS) is 10.1. The molecule has 2 heterocycles. The van der Waals surface area contributed by atoms with Gasteiger partial charge >= 0.3 is 5.97 Å². The standard InChI is InChI=1S/C11H12N4O2/c12-9-5-14-15(6-9)7-11(16)17-8-10-3-1-2-4-13-10/h1-6H,7-8,12H2. The first-order valence-electron chi connectivity index (χ1n) is 5.07. The fourth-order valence-electron chi connectivity index (χ4n) is 1.28. The molecule has 2 aromatic heterocycles. The Labute approximate surface area is 98.0 Å². The van der Waals surface area contributed by atoms with E-state index in [2.05, 4.69) is 10.1 Å². The number of nitrogen functional groups attached to an aromatic ring is 1. The first-order valence-corrected chi connectivity index (χ1v) is 5.07. The lowest BCUT2D eigenvalue weighted by Crippen LogP contribution is -2.14. The van der Waals surface area contributed by atoms with E-state index in [0.717, 1.165) is 0 Å². The Morgan fingerprint density at radius 2 is 2.35 bits per heavy atom. The molecule has 0 aromatic carbocycles. The first-order chi connectivity index (χ1) is 8.24. The zero-order valence-electron chi connectivity index (χ0n) is 9.11. The summed E-state index contributed by atoms with van der Waals surface area (Å²) < 4.78 is 6.46. The molecule has 0 atom stereocenters. The van der Waals surface area contributed by atoms with Crippen molar-refractivity contribution in [1.82, 2.24) is 14.8 Å². The van der Waals surface area contributed by atoms with Gasteiger partial charge in [-0.05, 0) is 12.1 Å². The lowest BCUT2D eigenvalue weighted by atomic mass is 10.4. The number of nitrogens with two attached hydrogens (primary N) is 1. The molecule has 0 unspecified atom stereocenters. The summed E-state index contributed by atoms with van der Waals surface area (Å²) in [6.45, 7) is 0.209. The average Bonchev–Trinajstić information content (AvgIpc) is 2.73. The van der Waals surface area contributed by atoms with Gasteiger partial charge in [0, 0.05) is 12.4 Å². The van der Waals surface area contributed by atoms with Crippen molar-refractivity contribution in [2.24, 2.45) is 0 Å². The predicted octanol–water partition coefficient (Wildman–Crippen LogP) is 0.604. The quantitative estimate of drug-likeness (QED) is 0.780. The van der Waals surface area contributed by atoms with Gasteiger partial charge in [0.2, 0.25) is 0 Å². The minimum atomic E-state index is -0.376. The summed E-state index contributed by atoms with van der Waals surface area (Å²) in [4.78, 5) is 15.5. The van der Waals surface area contributed by atoms with Crippen LogP contribution in [0.4, 0.5) is 5.69 Å². The Kier molecular flexibility index (Phi) is 3.34. The number of anilines is 1. The van der Waals surface area contributed by atoms with Gasteiger partial charge in [0.05, 0.1) is 17.6 Å². The molecule has 2 rings (SSSR count). The lowest BCUT2D eigenvalue weighted by molar-refractivity contribution is -0.146. The molecule has 0 amide bonds. The van der Waals surface area contributed by atoms with E-state index in [4.69, 9.17) is 10.5 Å². The van der Waals surface area contributed by atoms with Crippen LogP contribution in [0.5, 0.6) is 0 Å². The van der Waals surface area contributed by atoms with Crippen LogP contribution in [0, 0.1) is 0 Å². The Bertz CT molecular complexity index is 495. The Hall–Kier alpha value is -2.37. The van der Waals surface area contributed by atoms with Crippen molar-refractivity contribution >= 4 is 11.7 Å². The van der Waals surface area contributed by atoms with Crippen LogP contribution in [0.15, 0.2) is 36.8 Å². The number of aromatic nitrogens is 3. The molecular weight excluding hydrogens is 220 g/mol. The third kappa shape index (κ3) is 3.30. The fraction of sp³-hybridized carbons (Fsp3) is 0.182. The summed E-state index contributed by atoms with van der Waals surface area (Å²) in [5.74, 6) is -0.376. The summed E-state index contributed by atoms with van der Waals surface area (Å²) in [5, 5.41) is 3.89. The van der Waals surface area contributed by atoms with Crippen molar-refractivity contribution < 1.29 is 9.53 Å². The van der Waals surface area contributed by atoms with Crippen LogP contribution in [0.25, 0.3) is 0 Å². The summed E-state index contributed by atoms with van der Waals surface area (Å²) in [6, 6.07) is 5.43. The van der Waals surface area contributed by atoms with Gasteiger partial charge in [0.25, 0.3) is 0 Å². The summed E-state index contributed by atoms with van der Waals surface area (Å²) in [5.41, 5.74) is 6.70. The number of nitrogens with zero attached hydrogens (tertiary/aromatic N) is 3. The molecule has 0 aliphatic carbocycles. The highest BCUT2D eigenvalue weighted by Crippen LogP contribution is 2.00. The summed E-state index contributed by atoms with van der Waals surface area (Å²) in [7, 11) is 0. The Balaban J connectivity index is 1.82. The smallest absolute Gasteiger partial charge is 0.328 e. The van der Waals surface area contributed by atoms with Crippen LogP contribution in [0.3, 0.4) is 0 Å². The van der Waals surface area contributed by atoms with Gasteiger partial charge in [-0.3, -0.25) is 14.5 Å². The van der Waals surface area contributed by atoms with Crippen LogP contribution >= 0.6 is 0 Å². The second-order valence-corrected chi connectivity index (χ2v) is 3.45. The maximum atomic E-state index is 11.4. The number of carbonyl (C=O) groups is 1. The number of rotatable bonds is 4. The SMILES string of the molecule is Nc1cnn(CC(=O)OCc2ccccn2)c1. The van der Waals surface area contributed by atoms with E-state index in [0.29, 0.717) is 11.4 Å². The van der Waals surface area contributed by atoms with Crippen LogP contribution in [-0.2, 0) is 22.7 Å². The molecule has 88 valence electrons. The average molecular weight is 232 g/mol. The minimum absolute atomic E-state index is 0.0457. The van der Waals surface area contributed by atoms with E-state index < -0.39 is 0 Å². The molecule has 0 radical (unpaired) electrons. The van der Waals surface area contributed by atoms with Gasteiger partial charge in [-0.15, -0.1) is 0 Å². The molecular formula is C11H12N4O2. The second-order valence-electron chi connectivity index (χ2n) is 3.45. The zero-order valence-corrected chi connectivity index (χ0v) is 9.11. The third-order valence-corrected chi connectivity index (χ3v) is 2.05. The number of esters is 1. The molecule has 6 heteroatoms. The Morgan fingerprint density at radius 3 is 3.00 bits per heavy atom. The number of pyridine rings is 1. The van der Waals surface area contributed by atoms with Crippen LogP contribution in [-0.4, -0.2) is 20.7 Å². The fourth-order valence-corrected chi connectivity index (χ4v) is 1.28. The molecule has 6 nitrogen and oxygen atoms in total. The molecule has 0 spiro atoms. The monoisotopic (exact) mass is 232 g/mol. The largest absolute Gasteiger partial charge is 0.458 e. The number of ether oxygens (including phenoxy) is 1. The van der Waals surface area contributed by atoms with Crippen molar-refractivity contribution in [3.63, 3.8) is 0 Å². The molecule has 17 heavy (non-hydrogen) atoms. The Morgan fingerprint density at radius 1 is 1.47 bits per heavy atom. The highest BCUT2D eigenvalue weighted by Gasteiger charge is 2.05. The van der Waals surface area contributed by atoms with E-state index >= 15 is 0 Å². The van der Waals surface area contributed by atoms with Crippen molar-refractivity contribution in [3.8, 4) is 0 Å². The van der Waals surface area contributed by atoms with Gasteiger partial charge in [-0.25, -0.2) is 0 Å². The molecule has 0 saturated carbocycles. The highest BCUT2D eigenvalue weighted by atomic mass is 16.5. The van der Waals surface area contributed by atoms with Gasteiger partial charge in [0.1, 0.15) is 13.2 Å². The summed E-state index contributed by atoms with van der Waals surface area (Å²) >= 11 is 0. The predicted molar refractivity (Wildman–Crippen MR) is 60.7 cm³/mol. The highest BCUT2D eigenvalue weighted by molar-refractivity contribution is 5.69. The number of hydrogen-bond acceptors (Lipinski definition) is 5. The van der Waals surface area contributed by atoms with Gasteiger partial charge in [-0.1, -0.05) is 6.07 Å². The van der Waals surface area contributed by atoms with E-state index in [9.17, 15) is 4.79 Å². The topological polar surface area (TPSA) is 83.0 Å². The van der Waals surface area contributed by atoms with E-state index in [1.165, 1.54) is 10.9 Å². The van der Waals surface area contributed by atoms with Crippen molar-refractivity contribution in [2.75, 3.05) is 5.73 Å². The molecule has 2 N–H and O–H groups in total. The first kappa shape index (κ1) is 11.1.